The van der Waals surface area contributed by atoms with Crippen molar-refractivity contribution in [2.45, 2.75) is 47.6 Å². The number of thioether (sulfide) groups is 2. The van der Waals surface area contributed by atoms with Gasteiger partial charge in [0, 0.05) is 18.3 Å². The van der Waals surface area contributed by atoms with Crippen molar-refractivity contribution in [2.24, 2.45) is 11.8 Å². The third-order valence-corrected chi connectivity index (χ3v) is 10.2. The van der Waals surface area contributed by atoms with Gasteiger partial charge in [-0.05, 0) is 54.0 Å². The van der Waals surface area contributed by atoms with Gasteiger partial charge in [-0.1, -0.05) is 6.07 Å². The molecule has 5 atom stereocenters. The van der Waals surface area contributed by atoms with E-state index in [0.717, 1.165) is 41.2 Å². The molecule has 3 fully saturated rings. The van der Waals surface area contributed by atoms with Gasteiger partial charge < -0.3 is 19.3 Å². The van der Waals surface area contributed by atoms with Crippen LogP contribution >= 0.6 is 23.5 Å². The van der Waals surface area contributed by atoms with Crippen LogP contribution in [0.3, 0.4) is 0 Å². The van der Waals surface area contributed by atoms with Gasteiger partial charge in [0.15, 0.2) is 5.79 Å². The Balaban J connectivity index is 1.62. The number of ether oxygens (including phenoxy) is 3. The summed E-state index contributed by atoms with van der Waals surface area (Å²) in [6.45, 7) is 0.261. The SMILES string of the molecule is COc1ccc2c(c1)C[C@H]1O[C@@]3(OCCO)CC[C@]2(C#N)[C@@H]1C3C1SCCCS1. The van der Waals surface area contributed by atoms with Gasteiger partial charge in [-0.25, -0.2) is 0 Å². The number of aliphatic hydroxyl groups is 1. The molecule has 7 heteroatoms. The van der Waals surface area contributed by atoms with Gasteiger partial charge in [-0.2, -0.15) is 5.26 Å². The molecule has 156 valence electrons. The molecule has 0 amide bonds. The van der Waals surface area contributed by atoms with Crippen LogP contribution in [0.4, 0.5) is 0 Å². The molecule has 5 nitrogen and oxygen atoms in total. The first-order valence-corrected chi connectivity index (χ1v) is 12.5. The van der Waals surface area contributed by atoms with Crippen molar-refractivity contribution >= 4 is 23.5 Å². The monoisotopic (exact) mass is 433 g/mol. The average molecular weight is 434 g/mol. The molecule has 2 bridgehead atoms. The lowest BCUT2D eigenvalue weighted by Gasteiger charge is -2.51. The largest absolute Gasteiger partial charge is 0.497 e. The lowest BCUT2D eigenvalue weighted by molar-refractivity contribution is -0.251. The maximum Gasteiger partial charge on any atom is 0.173 e. The van der Waals surface area contributed by atoms with Gasteiger partial charge in [0.25, 0.3) is 0 Å². The van der Waals surface area contributed by atoms with Crippen LogP contribution in [0.1, 0.15) is 30.4 Å². The Bertz CT molecular complexity index is 824. The number of benzene rings is 1. The molecule has 2 heterocycles. The van der Waals surface area contributed by atoms with E-state index >= 15 is 0 Å². The predicted molar refractivity (Wildman–Crippen MR) is 114 cm³/mol. The molecule has 1 saturated carbocycles. The number of methoxy groups -OCH3 is 1. The standard InChI is InChI=1S/C22H27NO4S2/c1-25-15-3-4-16-14(11-15)12-17-18-19(20-28-9-2-10-29-20)22(27-17,26-8-7-24)6-5-21(16,18)13-23/h3-4,11,17-20,24H,2,5-10,12H2,1H3/t17-,18+,19?,21-,22+/m1/s1. The third kappa shape index (κ3) is 2.95. The first kappa shape index (κ1) is 20.0. The Morgan fingerprint density at radius 3 is 2.83 bits per heavy atom. The molecule has 5 rings (SSSR count). The van der Waals surface area contributed by atoms with E-state index in [0.29, 0.717) is 11.0 Å². The van der Waals surface area contributed by atoms with E-state index in [2.05, 4.69) is 18.2 Å². The normalized spacial score (nSPS) is 38.3. The second-order valence-electron chi connectivity index (χ2n) is 8.37. The maximum atomic E-state index is 10.5. The summed E-state index contributed by atoms with van der Waals surface area (Å²) in [7, 11) is 1.68. The van der Waals surface area contributed by atoms with Crippen molar-refractivity contribution in [3.63, 3.8) is 0 Å². The summed E-state index contributed by atoms with van der Waals surface area (Å²) in [5, 5.41) is 20.0. The zero-order valence-electron chi connectivity index (χ0n) is 16.6. The minimum absolute atomic E-state index is 0.0149. The average Bonchev–Trinajstić information content (AvgIpc) is 3.05. The fourth-order valence-electron chi connectivity index (χ4n) is 6.00. The summed E-state index contributed by atoms with van der Waals surface area (Å²) in [6, 6.07) is 8.92. The van der Waals surface area contributed by atoms with Crippen LogP contribution in [0, 0.1) is 23.2 Å². The molecular formula is C22H27NO4S2. The lowest BCUT2D eigenvalue weighted by Crippen LogP contribution is -2.56. The number of hydrogen-bond donors (Lipinski definition) is 1. The third-order valence-electron chi connectivity index (χ3n) is 7.08. The molecule has 2 saturated heterocycles. The van der Waals surface area contributed by atoms with Crippen molar-refractivity contribution < 1.29 is 19.3 Å². The van der Waals surface area contributed by atoms with Crippen LogP contribution in [0.15, 0.2) is 18.2 Å². The molecule has 1 aromatic rings. The number of aliphatic hydroxyl groups excluding tert-OH is 1. The molecule has 29 heavy (non-hydrogen) atoms. The zero-order valence-corrected chi connectivity index (χ0v) is 18.3. The number of rotatable bonds is 5. The second kappa shape index (κ2) is 7.65. The fraction of sp³-hybridized carbons (Fsp3) is 0.682. The highest BCUT2D eigenvalue weighted by Gasteiger charge is 2.70. The van der Waals surface area contributed by atoms with Gasteiger partial charge in [0.2, 0.25) is 0 Å². The van der Waals surface area contributed by atoms with Gasteiger partial charge in [-0.3, -0.25) is 0 Å². The summed E-state index contributed by atoms with van der Waals surface area (Å²) in [6.07, 6.45) is 3.39. The topological polar surface area (TPSA) is 71.7 Å². The van der Waals surface area contributed by atoms with Crippen molar-refractivity contribution in [1.29, 1.82) is 5.26 Å². The Labute approximate surface area is 180 Å². The Morgan fingerprint density at radius 1 is 1.28 bits per heavy atom. The number of nitrogens with zero attached hydrogens (tertiary/aromatic N) is 1. The minimum Gasteiger partial charge on any atom is -0.497 e. The molecule has 1 N–H and O–H groups in total. The van der Waals surface area contributed by atoms with E-state index in [1.54, 1.807) is 7.11 Å². The highest BCUT2D eigenvalue weighted by molar-refractivity contribution is 8.17. The quantitative estimate of drug-likeness (QED) is 0.764. The minimum atomic E-state index is -0.688. The molecule has 1 unspecified atom stereocenters. The highest BCUT2D eigenvalue weighted by Crippen LogP contribution is 2.65. The molecule has 0 spiro atoms. The molecule has 0 radical (unpaired) electrons. The number of nitriles is 1. The van der Waals surface area contributed by atoms with E-state index in [1.807, 2.05) is 29.6 Å². The van der Waals surface area contributed by atoms with Crippen LogP contribution < -0.4 is 4.74 Å². The number of fused-ring (bicyclic) bond motifs is 3. The summed E-state index contributed by atoms with van der Waals surface area (Å²) in [4.78, 5) is 0. The zero-order chi connectivity index (χ0) is 20.1. The molecular weight excluding hydrogens is 406 g/mol. The summed E-state index contributed by atoms with van der Waals surface area (Å²) in [5.74, 6) is 2.70. The smallest absolute Gasteiger partial charge is 0.173 e. The van der Waals surface area contributed by atoms with E-state index in [9.17, 15) is 10.4 Å². The summed E-state index contributed by atoms with van der Waals surface area (Å²) >= 11 is 3.99. The lowest BCUT2D eigenvalue weighted by atomic mass is 9.54. The first-order valence-electron chi connectivity index (χ1n) is 10.4. The maximum absolute atomic E-state index is 10.5. The van der Waals surface area contributed by atoms with Crippen molar-refractivity contribution in [3.8, 4) is 11.8 Å². The van der Waals surface area contributed by atoms with Gasteiger partial charge in [0.1, 0.15) is 5.75 Å². The molecule has 0 aromatic heterocycles. The Kier molecular flexibility index (Phi) is 5.28. The summed E-state index contributed by atoms with van der Waals surface area (Å²) < 4.78 is 18.8. The van der Waals surface area contributed by atoms with Crippen LogP contribution in [-0.4, -0.2) is 53.4 Å². The van der Waals surface area contributed by atoms with Gasteiger partial charge in [0.05, 0.1) is 42.5 Å². The Morgan fingerprint density at radius 2 is 2.10 bits per heavy atom. The molecule has 2 aliphatic heterocycles. The predicted octanol–water partition coefficient (Wildman–Crippen LogP) is 3.34. The van der Waals surface area contributed by atoms with Crippen LogP contribution in [0.2, 0.25) is 0 Å². The van der Waals surface area contributed by atoms with Gasteiger partial charge in [-0.15, -0.1) is 23.5 Å². The summed E-state index contributed by atoms with van der Waals surface area (Å²) in [5.41, 5.74) is 1.77. The molecule has 2 aliphatic carbocycles. The molecule has 4 aliphatic rings. The Hall–Kier alpha value is -0.910. The first-order chi connectivity index (χ1) is 14.2. The second-order valence-corrected chi connectivity index (χ2v) is 11.2. The van der Waals surface area contributed by atoms with Crippen LogP contribution in [0.25, 0.3) is 0 Å². The highest BCUT2D eigenvalue weighted by atomic mass is 32.2. The van der Waals surface area contributed by atoms with E-state index in [4.69, 9.17) is 14.2 Å². The fourth-order valence-corrected chi connectivity index (χ4v) is 9.40. The van der Waals surface area contributed by atoms with Crippen molar-refractivity contribution in [2.75, 3.05) is 31.8 Å². The molecule has 1 aromatic carbocycles. The van der Waals surface area contributed by atoms with Crippen molar-refractivity contribution in [1.82, 2.24) is 0 Å². The van der Waals surface area contributed by atoms with E-state index in [1.165, 1.54) is 6.42 Å². The van der Waals surface area contributed by atoms with E-state index in [-0.39, 0.29) is 31.2 Å². The van der Waals surface area contributed by atoms with Crippen molar-refractivity contribution in [3.05, 3.63) is 29.3 Å². The van der Waals surface area contributed by atoms with E-state index < -0.39 is 11.2 Å². The van der Waals surface area contributed by atoms with Gasteiger partial charge >= 0.3 is 0 Å². The van der Waals surface area contributed by atoms with Crippen LogP contribution in [0.5, 0.6) is 5.75 Å². The van der Waals surface area contributed by atoms with Crippen LogP contribution in [-0.2, 0) is 21.3 Å². The number of hydrogen-bond acceptors (Lipinski definition) is 7.